The molecule has 1 aliphatic rings. The summed E-state index contributed by atoms with van der Waals surface area (Å²) in [7, 11) is 9.41. The molecular weight excluding hydrogens is 498 g/mol. The maximum atomic E-state index is 10.2. The van der Waals surface area contributed by atoms with Crippen LogP contribution in [0.4, 0.5) is 5.82 Å². The SMILES string of the molecule is COc1cc(/C=C2\CCC(C)c3c2nc(N)c(C#N)c3-c2cc(OC)c(OC)c(OC)c2)cc(OC)c1OC. The second kappa shape index (κ2) is 11.4. The van der Waals surface area contributed by atoms with Crippen molar-refractivity contribution in [2.75, 3.05) is 48.4 Å². The number of rotatable bonds is 8. The summed E-state index contributed by atoms with van der Waals surface area (Å²) < 4.78 is 33.3. The van der Waals surface area contributed by atoms with Gasteiger partial charge in [0.2, 0.25) is 11.5 Å². The molecule has 1 heterocycles. The molecule has 204 valence electrons. The van der Waals surface area contributed by atoms with Crippen molar-refractivity contribution in [2.45, 2.75) is 25.7 Å². The van der Waals surface area contributed by atoms with Crippen LogP contribution >= 0.6 is 0 Å². The lowest BCUT2D eigenvalue weighted by molar-refractivity contribution is 0.324. The number of nitrogens with zero attached hydrogens (tertiary/aromatic N) is 2. The van der Waals surface area contributed by atoms with E-state index in [0.717, 1.165) is 40.8 Å². The molecule has 2 aromatic carbocycles. The Bertz CT molecular complexity index is 1420. The van der Waals surface area contributed by atoms with Gasteiger partial charge in [-0.3, -0.25) is 0 Å². The van der Waals surface area contributed by atoms with E-state index in [-0.39, 0.29) is 11.7 Å². The molecule has 0 saturated heterocycles. The van der Waals surface area contributed by atoms with E-state index in [9.17, 15) is 5.26 Å². The number of anilines is 1. The predicted octanol–water partition coefficient (Wildman–Crippen LogP) is 5.69. The summed E-state index contributed by atoms with van der Waals surface area (Å²) in [6.45, 7) is 2.13. The van der Waals surface area contributed by atoms with Gasteiger partial charge in [-0.2, -0.15) is 5.26 Å². The Morgan fingerprint density at radius 3 is 1.82 bits per heavy atom. The van der Waals surface area contributed by atoms with Crippen LogP contribution in [-0.4, -0.2) is 47.6 Å². The number of fused-ring (bicyclic) bond motifs is 1. The van der Waals surface area contributed by atoms with Gasteiger partial charge in [0, 0.05) is 5.56 Å². The third-order valence-electron chi connectivity index (χ3n) is 7.00. The molecule has 1 aromatic heterocycles. The van der Waals surface area contributed by atoms with Gasteiger partial charge in [-0.25, -0.2) is 4.98 Å². The van der Waals surface area contributed by atoms with E-state index in [1.165, 1.54) is 0 Å². The van der Waals surface area contributed by atoms with Gasteiger partial charge in [0.05, 0.1) is 48.4 Å². The quantitative estimate of drug-likeness (QED) is 0.391. The molecule has 0 saturated carbocycles. The summed E-state index contributed by atoms with van der Waals surface area (Å²) in [4.78, 5) is 4.75. The number of nitriles is 1. The molecular formula is C30H33N3O6. The van der Waals surface area contributed by atoms with E-state index in [2.05, 4.69) is 13.0 Å². The first-order chi connectivity index (χ1) is 18.8. The van der Waals surface area contributed by atoms with Crippen LogP contribution in [0.2, 0.25) is 0 Å². The van der Waals surface area contributed by atoms with E-state index in [0.29, 0.717) is 45.6 Å². The summed E-state index contributed by atoms with van der Waals surface area (Å²) in [6, 6.07) is 9.72. The molecule has 4 rings (SSSR count). The maximum Gasteiger partial charge on any atom is 0.203 e. The van der Waals surface area contributed by atoms with Crippen LogP contribution in [-0.2, 0) is 0 Å². The molecule has 0 spiro atoms. The minimum Gasteiger partial charge on any atom is -0.493 e. The Kier molecular flexibility index (Phi) is 8.05. The van der Waals surface area contributed by atoms with Crippen LogP contribution in [0.5, 0.6) is 34.5 Å². The number of nitrogens with two attached hydrogens (primary N) is 1. The van der Waals surface area contributed by atoms with Crippen LogP contribution in [0.15, 0.2) is 24.3 Å². The van der Waals surface area contributed by atoms with Crippen molar-refractivity contribution in [3.63, 3.8) is 0 Å². The number of methoxy groups -OCH3 is 6. The minimum absolute atomic E-state index is 0.117. The summed E-state index contributed by atoms with van der Waals surface area (Å²) in [5, 5.41) is 10.2. The van der Waals surface area contributed by atoms with E-state index >= 15 is 0 Å². The fraction of sp³-hybridized carbons (Fsp3) is 0.333. The summed E-state index contributed by atoms with van der Waals surface area (Å²) in [5.74, 6) is 3.33. The normalized spacial score (nSPS) is 15.2. The average Bonchev–Trinajstić information content (AvgIpc) is 2.96. The number of benzene rings is 2. The van der Waals surface area contributed by atoms with Crippen molar-refractivity contribution < 1.29 is 28.4 Å². The molecule has 0 bridgehead atoms. The topological polar surface area (TPSA) is 118 Å². The molecule has 3 aromatic rings. The first kappa shape index (κ1) is 27.5. The van der Waals surface area contributed by atoms with Crippen LogP contribution in [0, 0.1) is 11.3 Å². The van der Waals surface area contributed by atoms with Crippen molar-refractivity contribution in [3.05, 3.63) is 46.6 Å². The number of ether oxygens (including phenoxy) is 6. The lowest BCUT2D eigenvalue weighted by Crippen LogP contribution is -2.14. The maximum absolute atomic E-state index is 10.2. The number of hydrogen-bond acceptors (Lipinski definition) is 9. The lowest BCUT2D eigenvalue weighted by atomic mass is 9.78. The Morgan fingerprint density at radius 1 is 0.846 bits per heavy atom. The zero-order valence-electron chi connectivity index (χ0n) is 23.3. The number of nitrogen functional groups attached to an aromatic ring is 1. The molecule has 2 N–H and O–H groups in total. The number of hydrogen-bond donors (Lipinski definition) is 1. The zero-order chi connectivity index (χ0) is 28.3. The monoisotopic (exact) mass is 531 g/mol. The van der Waals surface area contributed by atoms with Gasteiger partial charge >= 0.3 is 0 Å². The van der Waals surface area contributed by atoms with Crippen molar-refractivity contribution in [1.82, 2.24) is 4.98 Å². The highest BCUT2D eigenvalue weighted by Crippen LogP contribution is 2.49. The number of aromatic nitrogens is 1. The standard InChI is InChI=1S/C30H33N3O6/c1-16-8-9-18(10-17-11-21(34-2)28(38-6)22(12-17)35-3)27-25(16)26(20(15-31)30(32)33-27)19-13-23(36-4)29(39-7)24(14-19)37-5/h10-14,16H,8-9H2,1-7H3,(H2,32,33)/b18-10+. The molecule has 9 nitrogen and oxygen atoms in total. The van der Waals surface area contributed by atoms with E-state index < -0.39 is 0 Å². The van der Waals surface area contributed by atoms with Crippen LogP contribution in [0.25, 0.3) is 22.8 Å². The molecule has 39 heavy (non-hydrogen) atoms. The Labute approximate surface area is 228 Å². The molecule has 0 radical (unpaired) electrons. The second-order valence-corrected chi connectivity index (χ2v) is 9.10. The Balaban J connectivity index is 2.00. The smallest absolute Gasteiger partial charge is 0.203 e. The first-order valence-electron chi connectivity index (χ1n) is 12.4. The lowest BCUT2D eigenvalue weighted by Gasteiger charge is -2.28. The average molecular weight is 532 g/mol. The van der Waals surface area contributed by atoms with Gasteiger partial charge in [-0.05, 0) is 71.4 Å². The summed E-state index contributed by atoms with van der Waals surface area (Å²) >= 11 is 0. The largest absolute Gasteiger partial charge is 0.493 e. The van der Waals surface area contributed by atoms with Gasteiger partial charge < -0.3 is 34.2 Å². The van der Waals surface area contributed by atoms with Gasteiger partial charge in [0.25, 0.3) is 0 Å². The highest BCUT2D eigenvalue weighted by molar-refractivity contribution is 5.90. The Hall–Kier alpha value is -4.58. The second-order valence-electron chi connectivity index (χ2n) is 9.10. The fourth-order valence-electron chi connectivity index (χ4n) is 5.14. The molecule has 1 aliphatic carbocycles. The van der Waals surface area contributed by atoms with Gasteiger partial charge in [-0.1, -0.05) is 6.92 Å². The van der Waals surface area contributed by atoms with Crippen LogP contribution in [0.3, 0.4) is 0 Å². The van der Waals surface area contributed by atoms with Gasteiger partial charge in [-0.15, -0.1) is 0 Å². The molecule has 0 amide bonds. The van der Waals surface area contributed by atoms with E-state index in [1.807, 2.05) is 30.3 Å². The van der Waals surface area contributed by atoms with Gasteiger partial charge in [0.1, 0.15) is 17.5 Å². The highest BCUT2D eigenvalue weighted by atomic mass is 16.5. The molecule has 1 unspecified atom stereocenters. The third-order valence-corrected chi connectivity index (χ3v) is 7.00. The summed E-state index contributed by atoms with van der Waals surface area (Å²) in [5.41, 5.74) is 11.7. The third kappa shape index (κ3) is 4.86. The van der Waals surface area contributed by atoms with Crippen LogP contribution in [0.1, 0.15) is 48.1 Å². The van der Waals surface area contributed by atoms with Crippen molar-refractivity contribution in [2.24, 2.45) is 0 Å². The predicted molar refractivity (Wildman–Crippen MR) is 150 cm³/mol. The fourth-order valence-corrected chi connectivity index (χ4v) is 5.14. The number of pyridine rings is 1. The van der Waals surface area contributed by atoms with Crippen LogP contribution < -0.4 is 34.2 Å². The summed E-state index contributed by atoms with van der Waals surface area (Å²) in [6.07, 6.45) is 3.68. The highest BCUT2D eigenvalue weighted by Gasteiger charge is 2.30. The zero-order valence-corrected chi connectivity index (χ0v) is 23.3. The molecule has 0 aliphatic heterocycles. The van der Waals surface area contributed by atoms with Crippen molar-refractivity contribution in [3.8, 4) is 51.7 Å². The van der Waals surface area contributed by atoms with E-state index in [4.69, 9.17) is 39.1 Å². The van der Waals surface area contributed by atoms with Crippen molar-refractivity contribution in [1.29, 1.82) is 5.26 Å². The number of allylic oxidation sites excluding steroid dienone is 1. The first-order valence-corrected chi connectivity index (χ1v) is 12.4. The van der Waals surface area contributed by atoms with Crippen molar-refractivity contribution >= 4 is 17.5 Å². The molecule has 0 fully saturated rings. The van der Waals surface area contributed by atoms with Gasteiger partial charge in [0.15, 0.2) is 23.0 Å². The Morgan fingerprint density at radius 2 is 1.36 bits per heavy atom. The molecule has 1 atom stereocenters. The molecule has 9 heteroatoms. The minimum atomic E-state index is 0.117. The van der Waals surface area contributed by atoms with E-state index in [1.54, 1.807) is 42.7 Å².